The standard InChI is InChI=1S/C21H24N2O2/c24-14-16-6-8-18(9-7-16)20-13-22-23-11-10-19(12-21(20)23)25-15-17-4-2-1-3-5-17/h1-5,10-13,16,18,24H,6-9,14-15H2. The third-order valence-electron chi connectivity index (χ3n) is 5.32. The lowest BCUT2D eigenvalue weighted by molar-refractivity contribution is 0.182. The second-order valence-corrected chi connectivity index (χ2v) is 6.97. The Labute approximate surface area is 148 Å². The van der Waals surface area contributed by atoms with Gasteiger partial charge in [0.1, 0.15) is 12.4 Å². The van der Waals surface area contributed by atoms with Gasteiger partial charge in [-0.25, -0.2) is 4.52 Å². The fraction of sp³-hybridized carbons (Fsp3) is 0.381. The molecule has 1 aromatic carbocycles. The van der Waals surface area contributed by atoms with Crippen molar-refractivity contribution in [2.75, 3.05) is 6.61 Å². The summed E-state index contributed by atoms with van der Waals surface area (Å²) in [6.45, 7) is 0.890. The highest BCUT2D eigenvalue weighted by atomic mass is 16.5. The van der Waals surface area contributed by atoms with Crippen LogP contribution in [0.2, 0.25) is 0 Å². The third-order valence-corrected chi connectivity index (χ3v) is 5.32. The lowest BCUT2D eigenvalue weighted by Crippen LogP contribution is -2.16. The van der Waals surface area contributed by atoms with Crippen LogP contribution in [-0.2, 0) is 6.61 Å². The largest absolute Gasteiger partial charge is 0.489 e. The minimum Gasteiger partial charge on any atom is -0.489 e. The van der Waals surface area contributed by atoms with E-state index in [1.165, 1.54) is 11.1 Å². The summed E-state index contributed by atoms with van der Waals surface area (Å²) in [7, 11) is 0. The number of hydrogen-bond acceptors (Lipinski definition) is 3. The molecule has 130 valence electrons. The van der Waals surface area contributed by atoms with Crippen molar-refractivity contribution in [2.24, 2.45) is 5.92 Å². The van der Waals surface area contributed by atoms with Crippen molar-refractivity contribution in [1.29, 1.82) is 0 Å². The van der Waals surface area contributed by atoms with Gasteiger partial charge in [-0.05, 0) is 49.1 Å². The summed E-state index contributed by atoms with van der Waals surface area (Å²) in [4.78, 5) is 0. The van der Waals surface area contributed by atoms with Crippen LogP contribution < -0.4 is 4.74 Å². The Hall–Kier alpha value is -2.33. The Bertz CT molecular complexity index is 820. The van der Waals surface area contributed by atoms with Crippen LogP contribution >= 0.6 is 0 Å². The van der Waals surface area contributed by atoms with Gasteiger partial charge in [-0.1, -0.05) is 30.3 Å². The molecule has 0 saturated heterocycles. The van der Waals surface area contributed by atoms with Gasteiger partial charge in [-0.3, -0.25) is 0 Å². The number of hydrogen-bond donors (Lipinski definition) is 1. The molecule has 0 amide bonds. The molecule has 2 aromatic heterocycles. The summed E-state index contributed by atoms with van der Waals surface area (Å²) in [5, 5.41) is 13.8. The number of aliphatic hydroxyl groups is 1. The molecule has 0 spiro atoms. The summed E-state index contributed by atoms with van der Waals surface area (Å²) in [5.41, 5.74) is 3.61. The van der Waals surface area contributed by atoms with Crippen LogP contribution in [0.3, 0.4) is 0 Å². The number of aromatic nitrogens is 2. The normalized spacial score (nSPS) is 20.7. The van der Waals surface area contributed by atoms with Crippen LogP contribution in [0, 0.1) is 5.92 Å². The second kappa shape index (κ2) is 7.28. The molecule has 4 nitrogen and oxygen atoms in total. The van der Waals surface area contributed by atoms with Gasteiger partial charge in [0.2, 0.25) is 0 Å². The molecule has 4 rings (SSSR count). The van der Waals surface area contributed by atoms with Crippen molar-refractivity contribution >= 4 is 5.52 Å². The van der Waals surface area contributed by atoms with Gasteiger partial charge >= 0.3 is 0 Å². The summed E-state index contributed by atoms with van der Waals surface area (Å²) in [6.07, 6.45) is 8.42. The SMILES string of the molecule is OCC1CCC(c2cnn3ccc(OCc4ccccc4)cc23)CC1. The quantitative estimate of drug-likeness (QED) is 0.760. The smallest absolute Gasteiger partial charge is 0.123 e. The molecular formula is C21H24N2O2. The predicted octanol–water partition coefficient (Wildman–Crippen LogP) is 4.18. The van der Waals surface area contributed by atoms with Gasteiger partial charge in [-0.2, -0.15) is 5.10 Å². The average molecular weight is 336 g/mol. The van der Waals surface area contributed by atoms with Crippen LogP contribution in [0.5, 0.6) is 5.75 Å². The zero-order valence-electron chi connectivity index (χ0n) is 14.3. The van der Waals surface area contributed by atoms with Gasteiger partial charge in [-0.15, -0.1) is 0 Å². The zero-order chi connectivity index (χ0) is 17.1. The fourth-order valence-electron chi connectivity index (χ4n) is 3.78. The van der Waals surface area contributed by atoms with E-state index in [1.54, 1.807) is 0 Å². The summed E-state index contributed by atoms with van der Waals surface area (Å²) >= 11 is 0. The van der Waals surface area contributed by atoms with Crippen molar-refractivity contribution in [3.63, 3.8) is 0 Å². The first-order valence-corrected chi connectivity index (χ1v) is 9.08. The molecule has 1 saturated carbocycles. The number of benzene rings is 1. The topological polar surface area (TPSA) is 46.8 Å². The Morgan fingerprint density at radius 1 is 1.08 bits per heavy atom. The molecule has 0 atom stereocenters. The molecule has 0 aliphatic heterocycles. The lowest BCUT2D eigenvalue weighted by Gasteiger charge is -2.26. The maximum atomic E-state index is 9.34. The molecule has 1 fully saturated rings. The van der Waals surface area contributed by atoms with Gasteiger partial charge in [0.25, 0.3) is 0 Å². The molecule has 2 heterocycles. The maximum absolute atomic E-state index is 9.34. The molecule has 1 N–H and O–H groups in total. The van der Waals surface area contributed by atoms with E-state index in [2.05, 4.69) is 23.3 Å². The van der Waals surface area contributed by atoms with Crippen LogP contribution in [0.25, 0.3) is 5.52 Å². The van der Waals surface area contributed by atoms with Crippen molar-refractivity contribution in [3.05, 3.63) is 66.0 Å². The summed E-state index contributed by atoms with van der Waals surface area (Å²) in [5.74, 6) is 1.88. The number of aliphatic hydroxyl groups excluding tert-OH is 1. The first-order chi connectivity index (χ1) is 12.3. The average Bonchev–Trinajstić information content (AvgIpc) is 3.10. The van der Waals surface area contributed by atoms with Crippen molar-refractivity contribution in [3.8, 4) is 5.75 Å². The first kappa shape index (κ1) is 16.2. The van der Waals surface area contributed by atoms with E-state index in [0.29, 0.717) is 25.0 Å². The van der Waals surface area contributed by atoms with Gasteiger partial charge in [0.15, 0.2) is 0 Å². The maximum Gasteiger partial charge on any atom is 0.123 e. The highest BCUT2D eigenvalue weighted by molar-refractivity contribution is 5.58. The highest BCUT2D eigenvalue weighted by Gasteiger charge is 2.24. The Morgan fingerprint density at radius 2 is 1.88 bits per heavy atom. The van der Waals surface area contributed by atoms with Crippen LogP contribution in [0.4, 0.5) is 0 Å². The number of ether oxygens (including phenoxy) is 1. The van der Waals surface area contributed by atoms with E-state index in [-0.39, 0.29) is 0 Å². The first-order valence-electron chi connectivity index (χ1n) is 9.08. The number of nitrogens with zero attached hydrogens (tertiary/aromatic N) is 2. The van der Waals surface area contributed by atoms with Gasteiger partial charge < -0.3 is 9.84 Å². The van der Waals surface area contributed by atoms with Crippen LogP contribution in [0.1, 0.15) is 42.7 Å². The van der Waals surface area contributed by atoms with Crippen LogP contribution in [0.15, 0.2) is 54.9 Å². The summed E-state index contributed by atoms with van der Waals surface area (Å²) in [6, 6.07) is 14.3. The molecule has 3 aromatic rings. The van der Waals surface area contributed by atoms with E-state index < -0.39 is 0 Å². The van der Waals surface area contributed by atoms with E-state index in [4.69, 9.17) is 4.74 Å². The Morgan fingerprint density at radius 3 is 2.64 bits per heavy atom. The second-order valence-electron chi connectivity index (χ2n) is 6.97. The van der Waals surface area contributed by atoms with Crippen LogP contribution in [-0.4, -0.2) is 21.3 Å². The molecular weight excluding hydrogens is 312 g/mol. The molecule has 4 heteroatoms. The van der Waals surface area contributed by atoms with E-state index in [1.807, 2.05) is 41.2 Å². The number of pyridine rings is 1. The van der Waals surface area contributed by atoms with E-state index >= 15 is 0 Å². The molecule has 25 heavy (non-hydrogen) atoms. The molecule has 1 aliphatic carbocycles. The lowest BCUT2D eigenvalue weighted by atomic mass is 9.79. The predicted molar refractivity (Wildman–Crippen MR) is 97.8 cm³/mol. The Kier molecular flexibility index (Phi) is 4.70. The van der Waals surface area contributed by atoms with E-state index in [9.17, 15) is 5.11 Å². The van der Waals surface area contributed by atoms with Crippen molar-refractivity contribution in [2.45, 2.75) is 38.2 Å². The molecule has 1 aliphatic rings. The minimum atomic E-state index is 0.318. The highest BCUT2D eigenvalue weighted by Crippen LogP contribution is 2.37. The van der Waals surface area contributed by atoms with Gasteiger partial charge in [0, 0.05) is 24.4 Å². The molecule has 0 unspecified atom stereocenters. The van der Waals surface area contributed by atoms with Gasteiger partial charge in [0.05, 0.1) is 11.7 Å². The minimum absolute atomic E-state index is 0.318. The van der Waals surface area contributed by atoms with Crippen molar-refractivity contribution < 1.29 is 9.84 Å². The monoisotopic (exact) mass is 336 g/mol. The Balaban J connectivity index is 1.51. The van der Waals surface area contributed by atoms with Crippen molar-refractivity contribution in [1.82, 2.24) is 9.61 Å². The molecule has 0 bridgehead atoms. The summed E-state index contributed by atoms with van der Waals surface area (Å²) < 4.78 is 7.91. The number of fused-ring (bicyclic) bond motifs is 1. The fourth-order valence-corrected chi connectivity index (χ4v) is 3.78. The zero-order valence-corrected chi connectivity index (χ0v) is 14.3. The third kappa shape index (κ3) is 3.54. The number of rotatable bonds is 5. The molecule has 0 radical (unpaired) electrons. The van der Waals surface area contributed by atoms with E-state index in [0.717, 1.165) is 36.9 Å².